The van der Waals surface area contributed by atoms with Crippen LogP contribution in [0.25, 0.3) is 0 Å². The zero-order valence-corrected chi connectivity index (χ0v) is 13.2. The summed E-state index contributed by atoms with van der Waals surface area (Å²) in [6, 6.07) is 4.34. The maximum atomic E-state index is 4.60. The van der Waals surface area contributed by atoms with E-state index in [0.29, 0.717) is 0 Å². The van der Waals surface area contributed by atoms with Crippen molar-refractivity contribution in [2.75, 3.05) is 34.7 Å². The van der Waals surface area contributed by atoms with Gasteiger partial charge in [-0.05, 0) is 34.7 Å². The minimum atomic E-state index is 0.849. The highest BCUT2D eigenvalue weighted by Crippen LogP contribution is 2.18. The van der Waals surface area contributed by atoms with Crippen LogP contribution in [0.5, 0.6) is 0 Å². The molecule has 0 N–H and O–H groups in total. The van der Waals surface area contributed by atoms with Crippen LogP contribution in [0, 0.1) is 2.88 Å². The Hall–Kier alpha value is -0.300. The number of halogens is 1. The smallest absolute Gasteiger partial charge is 0.195 e. The van der Waals surface area contributed by atoms with E-state index in [0.717, 1.165) is 18.9 Å². The Labute approximate surface area is 115 Å². The van der Waals surface area contributed by atoms with Crippen LogP contribution >= 0.6 is 33.9 Å². The molecule has 1 aromatic rings. The lowest BCUT2D eigenvalue weighted by atomic mass is 10.3. The lowest BCUT2D eigenvalue weighted by Gasteiger charge is -2.22. The Kier molecular flexibility index (Phi) is 5.54. The minimum absolute atomic E-state index is 0.849. The first kappa shape index (κ1) is 13.8. The average Bonchev–Trinajstić information content (AvgIpc) is 2.57. The van der Waals surface area contributed by atoms with Gasteiger partial charge in [-0.3, -0.25) is 4.99 Å². The van der Waals surface area contributed by atoms with Crippen LogP contribution in [-0.2, 0) is 6.42 Å². The third kappa shape index (κ3) is 4.29. The molecule has 0 aliphatic heterocycles. The molecule has 0 aliphatic carbocycles. The van der Waals surface area contributed by atoms with Crippen LogP contribution in [0.15, 0.2) is 17.1 Å². The summed E-state index contributed by atoms with van der Waals surface area (Å²) in [4.78, 5) is 10.1. The van der Waals surface area contributed by atoms with Crippen LogP contribution < -0.4 is 0 Å². The fourth-order valence-corrected chi connectivity index (χ4v) is 3.18. The highest BCUT2D eigenvalue weighted by Gasteiger charge is 2.03. The monoisotopic (exact) mass is 351 g/mol. The molecule has 0 saturated carbocycles. The summed E-state index contributed by atoms with van der Waals surface area (Å²) in [5, 5.41) is 0. The summed E-state index contributed by atoms with van der Waals surface area (Å²) in [6.07, 6.45) is 1.03. The zero-order chi connectivity index (χ0) is 12.1. The van der Waals surface area contributed by atoms with Gasteiger partial charge in [0.2, 0.25) is 0 Å². The molecule has 0 amide bonds. The predicted molar refractivity (Wildman–Crippen MR) is 80.4 cm³/mol. The second-order valence-electron chi connectivity index (χ2n) is 3.93. The molecular formula is C11H18IN3S. The second kappa shape index (κ2) is 6.44. The summed E-state index contributed by atoms with van der Waals surface area (Å²) < 4.78 is 1.34. The molecule has 3 nitrogen and oxygen atoms in total. The van der Waals surface area contributed by atoms with Crippen molar-refractivity contribution in [3.8, 4) is 0 Å². The van der Waals surface area contributed by atoms with E-state index in [4.69, 9.17) is 0 Å². The molecule has 0 radical (unpaired) electrons. The zero-order valence-electron chi connectivity index (χ0n) is 10.2. The summed E-state index contributed by atoms with van der Waals surface area (Å²) in [6.45, 7) is 0.849. The first-order chi connectivity index (χ1) is 7.50. The number of guanidine groups is 1. The van der Waals surface area contributed by atoms with Crippen molar-refractivity contribution in [3.05, 3.63) is 19.9 Å². The molecule has 1 rings (SSSR count). The normalized spacial score (nSPS) is 10.1. The lowest BCUT2D eigenvalue weighted by molar-refractivity contribution is 0.479. The Bertz CT molecular complexity index is 348. The largest absolute Gasteiger partial charge is 0.349 e. The van der Waals surface area contributed by atoms with Crippen LogP contribution in [0.2, 0.25) is 0 Å². The van der Waals surface area contributed by atoms with Gasteiger partial charge in [0, 0.05) is 46.0 Å². The summed E-state index contributed by atoms with van der Waals surface area (Å²) >= 11 is 4.20. The predicted octanol–water partition coefficient (Wildman–Crippen LogP) is 2.37. The summed E-state index contributed by atoms with van der Waals surface area (Å²) in [7, 11) is 8.08. The van der Waals surface area contributed by atoms with Crippen LogP contribution in [-0.4, -0.2) is 50.5 Å². The van der Waals surface area contributed by atoms with E-state index in [2.05, 4.69) is 39.7 Å². The van der Waals surface area contributed by atoms with E-state index < -0.39 is 0 Å². The molecule has 0 fully saturated rings. The van der Waals surface area contributed by atoms with Gasteiger partial charge in [-0.2, -0.15) is 0 Å². The SMILES string of the molecule is CN(C)C(=NCCc1ccc(I)s1)N(C)C. The van der Waals surface area contributed by atoms with E-state index in [1.54, 1.807) is 0 Å². The first-order valence-corrected chi connectivity index (χ1v) is 7.03. The average molecular weight is 351 g/mol. The number of aliphatic imine (C=N–C) groups is 1. The maximum Gasteiger partial charge on any atom is 0.195 e. The molecule has 1 aromatic heterocycles. The van der Waals surface area contributed by atoms with Crippen molar-refractivity contribution in [2.24, 2.45) is 4.99 Å². The van der Waals surface area contributed by atoms with E-state index in [9.17, 15) is 0 Å². The Morgan fingerprint density at radius 1 is 1.25 bits per heavy atom. The van der Waals surface area contributed by atoms with Crippen molar-refractivity contribution < 1.29 is 0 Å². The van der Waals surface area contributed by atoms with E-state index in [-0.39, 0.29) is 0 Å². The highest BCUT2D eigenvalue weighted by atomic mass is 127. The quantitative estimate of drug-likeness (QED) is 0.473. The lowest BCUT2D eigenvalue weighted by Crippen LogP contribution is -2.35. The highest BCUT2D eigenvalue weighted by molar-refractivity contribution is 14.1. The molecule has 0 spiro atoms. The molecule has 0 bridgehead atoms. The Morgan fingerprint density at radius 2 is 1.88 bits per heavy atom. The maximum absolute atomic E-state index is 4.60. The fourth-order valence-electron chi connectivity index (χ4n) is 1.44. The molecule has 0 aliphatic rings. The molecule has 16 heavy (non-hydrogen) atoms. The topological polar surface area (TPSA) is 18.8 Å². The number of thiophene rings is 1. The third-order valence-corrected chi connectivity index (χ3v) is 3.99. The van der Waals surface area contributed by atoms with Gasteiger partial charge in [-0.1, -0.05) is 0 Å². The number of hydrogen-bond donors (Lipinski definition) is 0. The molecule has 1 heterocycles. The fraction of sp³-hybridized carbons (Fsp3) is 0.545. The number of rotatable bonds is 3. The van der Waals surface area contributed by atoms with Crippen molar-refractivity contribution >= 4 is 39.9 Å². The minimum Gasteiger partial charge on any atom is -0.349 e. The van der Waals surface area contributed by atoms with Crippen LogP contribution in [0.4, 0.5) is 0 Å². The molecule has 0 aromatic carbocycles. The van der Waals surface area contributed by atoms with Crippen LogP contribution in [0.3, 0.4) is 0 Å². The van der Waals surface area contributed by atoms with Gasteiger partial charge in [0.05, 0.1) is 2.88 Å². The van der Waals surface area contributed by atoms with Gasteiger partial charge in [0.25, 0.3) is 0 Å². The standard InChI is InChI=1S/C11H18IN3S/c1-14(2)11(15(3)4)13-8-7-9-5-6-10(12)16-9/h5-6H,7-8H2,1-4H3. The second-order valence-corrected chi connectivity index (χ2v) is 6.99. The third-order valence-electron chi connectivity index (χ3n) is 2.04. The van der Waals surface area contributed by atoms with Crippen molar-refractivity contribution in [3.63, 3.8) is 0 Å². The van der Waals surface area contributed by atoms with Gasteiger partial charge >= 0.3 is 0 Å². The summed E-state index contributed by atoms with van der Waals surface area (Å²) in [5.41, 5.74) is 0. The molecule has 5 heteroatoms. The molecule has 0 saturated heterocycles. The molecule has 0 unspecified atom stereocenters. The van der Waals surface area contributed by atoms with E-state index >= 15 is 0 Å². The molecule has 0 atom stereocenters. The summed E-state index contributed by atoms with van der Waals surface area (Å²) in [5.74, 6) is 1.02. The number of hydrogen-bond acceptors (Lipinski definition) is 2. The van der Waals surface area contributed by atoms with Gasteiger partial charge in [0.15, 0.2) is 5.96 Å². The van der Waals surface area contributed by atoms with E-state index in [1.165, 1.54) is 7.76 Å². The van der Waals surface area contributed by atoms with Crippen LogP contribution in [0.1, 0.15) is 4.88 Å². The molecular weight excluding hydrogens is 333 g/mol. The Balaban J connectivity index is 2.51. The van der Waals surface area contributed by atoms with Crippen molar-refractivity contribution in [1.29, 1.82) is 0 Å². The van der Waals surface area contributed by atoms with Gasteiger partial charge in [-0.25, -0.2) is 0 Å². The van der Waals surface area contributed by atoms with Gasteiger partial charge < -0.3 is 9.80 Å². The van der Waals surface area contributed by atoms with Gasteiger partial charge in [-0.15, -0.1) is 11.3 Å². The van der Waals surface area contributed by atoms with Crippen molar-refractivity contribution in [1.82, 2.24) is 9.80 Å². The Morgan fingerprint density at radius 3 is 2.31 bits per heavy atom. The molecule has 90 valence electrons. The van der Waals surface area contributed by atoms with E-state index in [1.807, 2.05) is 49.3 Å². The number of nitrogens with zero attached hydrogens (tertiary/aromatic N) is 3. The van der Waals surface area contributed by atoms with Gasteiger partial charge in [0.1, 0.15) is 0 Å². The first-order valence-electron chi connectivity index (χ1n) is 5.14. The van der Waals surface area contributed by atoms with Crippen molar-refractivity contribution in [2.45, 2.75) is 6.42 Å².